The fraction of sp³-hybridized carbons (Fsp3) is 0.762. The molecule has 1 aliphatic carbocycles. The van der Waals surface area contributed by atoms with Crippen molar-refractivity contribution in [1.82, 2.24) is 9.80 Å². The van der Waals surface area contributed by atoms with Gasteiger partial charge in [-0.05, 0) is 63.6 Å². The van der Waals surface area contributed by atoms with E-state index in [1.807, 2.05) is 4.90 Å². The number of piperidine rings is 1. The summed E-state index contributed by atoms with van der Waals surface area (Å²) < 4.78 is 10.9. The molecule has 0 spiro atoms. The number of carbonyl (C=O) groups is 1. The lowest BCUT2D eigenvalue weighted by Gasteiger charge is -2.38. The average Bonchev–Trinajstić information content (AvgIpc) is 3.44. The van der Waals surface area contributed by atoms with Gasteiger partial charge >= 0.3 is 0 Å². The van der Waals surface area contributed by atoms with Crippen molar-refractivity contribution in [2.24, 2.45) is 5.92 Å². The number of furan rings is 1. The first-order valence-electron chi connectivity index (χ1n) is 10.5. The van der Waals surface area contributed by atoms with Crippen LogP contribution in [0.15, 0.2) is 23.0 Å². The van der Waals surface area contributed by atoms with E-state index in [2.05, 4.69) is 4.90 Å². The first kappa shape index (κ1) is 18.1. The van der Waals surface area contributed by atoms with Crippen molar-refractivity contribution in [3.05, 3.63) is 24.2 Å². The molecule has 1 amide bonds. The van der Waals surface area contributed by atoms with E-state index in [0.717, 1.165) is 32.0 Å². The van der Waals surface area contributed by atoms with Gasteiger partial charge < -0.3 is 19.0 Å². The fourth-order valence-corrected chi connectivity index (χ4v) is 4.92. The van der Waals surface area contributed by atoms with Crippen molar-refractivity contribution in [3.8, 4) is 0 Å². The van der Waals surface area contributed by atoms with Crippen molar-refractivity contribution in [2.45, 2.75) is 63.5 Å². The molecule has 0 aromatic carbocycles. The summed E-state index contributed by atoms with van der Waals surface area (Å²) in [7, 11) is 0. The minimum Gasteiger partial charge on any atom is -0.472 e. The summed E-state index contributed by atoms with van der Waals surface area (Å²) in [6, 6.07) is 2.60. The maximum absolute atomic E-state index is 12.9. The summed E-state index contributed by atoms with van der Waals surface area (Å²) in [6.45, 7) is 4.79. The number of rotatable bonds is 6. The monoisotopic (exact) mass is 360 g/mol. The third kappa shape index (κ3) is 4.32. The van der Waals surface area contributed by atoms with Gasteiger partial charge in [0.05, 0.1) is 17.9 Å². The zero-order valence-corrected chi connectivity index (χ0v) is 15.8. The van der Waals surface area contributed by atoms with Gasteiger partial charge in [0.25, 0.3) is 5.91 Å². The van der Waals surface area contributed by atoms with E-state index in [0.29, 0.717) is 18.0 Å². The Hall–Kier alpha value is -1.33. The summed E-state index contributed by atoms with van der Waals surface area (Å²) in [5.74, 6) is 0.692. The second-order valence-corrected chi connectivity index (χ2v) is 8.27. The molecule has 0 bridgehead atoms. The molecule has 1 atom stereocenters. The van der Waals surface area contributed by atoms with Crippen LogP contribution in [0.5, 0.6) is 0 Å². The fourth-order valence-electron chi connectivity index (χ4n) is 4.92. The standard InChI is InChI=1S/C21H32N2O3/c24-21(18-9-13-25-16-18)23(15-20-6-3-12-26-20)14-17-7-10-22(11-8-17)19-4-1-2-5-19/h9,13,16-17,19-20H,1-8,10-12,14-15H2/t20-/m1/s1. The summed E-state index contributed by atoms with van der Waals surface area (Å²) >= 11 is 0. The molecule has 1 saturated carbocycles. The Morgan fingerprint density at radius 1 is 1.08 bits per heavy atom. The number of amides is 1. The SMILES string of the molecule is O=C(c1ccoc1)N(CC1CCN(C2CCCC2)CC1)C[C@H]1CCCO1. The molecule has 26 heavy (non-hydrogen) atoms. The van der Waals surface area contributed by atoms with Crippen LogP contribution >= 0.6 is 0 Å². The molecular weight excluding hydrogens is 328 g/mol. The highest BCUT2D eigenvalue weighted by Gasteiger charge is 2.30. The van der Waals surface area contributed by atoms with Crippen molar-refractivity contribution < 1.29 is 13.9 Å². The van der Waals surface area contributed by atoms with Crippen LogP contribution in [0.3, 0.4) is 0 Å². The molecule has 0 unspecified atom stereocenters. The van der Waals surface area contributed by atoms with Gasteiger partial charge in [0.2, 0.25) is 0 Å². The summed E-state index contributed by atoms with van der Waals surface area (Å²) in [4.78, 5) is 17.7. The largest absolute Gasteiger partial charge is 0.472 e. The minimum absolute atomic E-state index is 0.0903. The van der Waals surface area contributed by atoms with Crippen LogP contribution in [0, 0.1) is 5.92 Å². The van der Waals surface area contributed by atoms with Crippen molar-refractivity contribution in [2.75, 3.05) is 32.8 Å². The van der Waals surface area contributed by atoms with E-state index >= 15 is 0 Å². The highest BCUT2D eigenvalue weighted by molar-refractivity contribution is 5.93. The number of carbonyl (C=O) groups excluding carboxylic acids is 1. The number of ether oxygens (including phenoxy) is 1. The molecule has 0 N–H and O–H groups in total. The normalized spacial score (nSPS) is 25.8. The highest BCUT2D eigenvalue weighted by Crippen LogP contribution is 2.28. The Morgan fingerprint density at radius 3 is 2.54 bits per heavy atom. The first-order chi connectivity index (χ1) is 12.8. The maximum Gasteiger partial charge on any atom is 0.257 e. The van der Waals surface area contributed by atoms with Crippen LogP contribution in [0.2, 0.25) is 0 Å². The molecule has 3 fully saturated rings. The Morgan fingerprint density at radius 2 is 1.88 bits per heavy atom. The maximum atomic E-state index is 12.9. The first-order valence-corrected chi connectivity index (χ1v) is 10.5. The molecule has 1 aromatic rings. The van der Waals surface area contributed by atoms with E-state index in [-0.39, 0.29) is 12.0 Å². The number of hydrogen-bond donors (Lipinski definition) is 0. The smallest absolute Gasteiger partial charge is 0.257 e. The van der Waals surface area contributed by atoms with Crippen molar-refractivity contribution in [3.63, 3.8) is 0 Å². The highest BCUT2D eigenvalue weighted by atomic mass is 16.5. The minimum atomic E-state index is 0.0903. The van der Waals surface area contributed by atoms with Gasteiger partial charge in [-0.1, -0.05) is 12.8 Å². The molecule has 5 heteroatoms. The van der Waals surface area contributed by atoms with E-state index < -0.39 is 0 Å². The second-order valence-electron chi connectivity index (χ2n) is 8.27. The van der Waals surface area contributed by atoms with Crippen LogP contribution in [-0.2, 0) is 4.74 Å². The lowest BCUT2D eigenvalue weighted by molar-refractivity contribution is 0.0428. The van der Waals surface area contributed by atoms with Crippen LogP contribution in [0.4, 0.5) is 0 Å². The van der Waals surface area contributed by atoms with Gasteiger partial charge in [-0.15, -0.1) is 0 Å². The van der Waals surface area contributed by atoms with Gasteiger partial charge in [-0.25, -0.2) is 0 Å². The Kier molecular flexibility index (Phi) is 5.95. The van der Waals surface area contributed by atoms with Gasteiger partial charge in [-0.2, -0.15) is 0 Å². The number of hydrogen-bond acceptors (Lipinski definition) is 4. The topological polar surface area (TPSA) is 45.9 Å². The van der Waals surface area contributed by atoms with Crippen molar-refractivity contribution >= 4 is 5.91 Å². The molecule has 2 aliphatic heterocycles. The van der Waals surface area contributed by atoms with E-state index in [4.69, 9.17) is 9.15 Å². The lowest BCUT2D eigenvalue weighted by atomic mass is 9.94. The molecule has 0 radical (unpaired) electrons. The average molecular weight is 360 g/mol. The van der Waals surface area contributed by atoms with E-state index in [1.54, 1.807) is 18.6 Å². The molecular formula is C21H32N2O3. The van der Waals surface area contributed by atoms with Crippen molar-refractivity contribution in [1.29, 1.82) is 0 Å². The molecule has 2 saturated heterocycles. The van der Waals surface area contributed by atoms with Gasteiger partial charge in [0.1, 0.15) is 6.26 Å². The number of nitrogens with zero attached hydrogens (tertiary/aromatic N) is 2. The molecule has 3 heterocycles. The second kappa shape index (κ2) is 8.57. The third-order valence-corrected chi connectivity index (χ3v) is 6.47. The molecule has 4 rings (SSSR count). The van der Waals surface area contributed by atoms with Gasteiger partial charge in [0.15, 0.2) is 0 Å². The molecule has 1 aromatic heterocycles. The zero-order valence-electron chi connectivity index (χ0n) is 15.8. The lowest BCUT2D eigenvalue weighted by Crippen LogP contribution is -2.45. The molecule has 5 nitrogen and oxygen atoms in total. The summed E-state index contributed by atoms with van der Waals surface area (Å²) in [5, 5.41) is 0. The Labute approximate surface area is 156 Å². The van der Waals surface area contributed by atoms with Crippen LogP contribution in [-0.4, -0.2) is 60.6 Å². The summed E-state index contributed by atoms with van der Waals surface area (Å²) in [5.41, 5.74) is 0.659. The van der Waals surface area contributed by atoms with Gasteiger partial charge in [0, 0.05) is 25.7 Å². The van der Waals surface area contributed by atoms with Crippen LogP contribution in [0.1, 0.15) is 61.7 Å². The van der Waals surface area contributed by atoms with E-state index in [1.165, 1.54) is 51.6 Å². The van der Waals surface area contributed by atoms with Crippen LogP contribution in [0.25, 0.3) is 0 Å². The van der Waals surface area contributed by atoms with E-state index in [9.17, 15) is 4.79 Å². The third-order valence-electron chi connectivity index (χ3n) is 6.47. The van der Waals surface area contributed by atoms with Gasteiger partial charge in [-0.3, -0.25) is 4.79 Å². The Balaban J connectivity index is 1.34. The zero-order chi connectivity index (χ0) is 17.8. The predicted octanol–water partition coefficient (Wildman–Crippen LogP) is 3.56. The quantitative estimate of drug-likeness (QED) is 0.778. The summed E-state index contributed by atoms with van der Waals surface area (Å²) in [6.07, 6.45) is 13.5. The molecule has 144 valence electrons. The predicted molar refractivity (Wildman–Crippen MR) is 100 cm³/mol. The molecule has 3 aliphatic rings. The number of likely N-dealkylation sites (tertiary alicyclic amines) is 1. The Bertz CT molecular complexity index is 554. The van der Waals surface area contributed by atoms with Crippen LogP contribution < -0.4 is 0 Å².